The summed E-state index contributed by atoms with van der Waals surface area (Å²) in [5, 5.41) is 1.62. The van der Waals surface area contributed by atoms with Crippen molar-refractivity contribution in [3.05, 3.63) is 34.3 Å². The van der Waals surface area contributed by atoms with Crippen LogP contribution in [0.3, 0.4) is 0 Å². The van der Waals surface area contributed by atoms with Gasteiger partial charge in [0.15, 0.2) is 5.17 Å². The van der Waals surface area contributed by atoms with Crippen molar-refractivity contribution in [3.8, 4) is 0 Å². The third-order valence-electron chi connectivity index (χ3n) is 3.25. The molecule has 0 spiro atoms. The number of carbonyl (C=O) groups is 1. The summed E-state index contributed by atoms with van der Waals surface area (Å²) in [5.74, 6) is 0.188. The Morgan fingerprint density at radius 1 is 1.56 bits per heavy atom. The second kappa shape index (κ2) is 4.59. The second-order valence-electron chi connectivity index (χ2n) is 4.55. The van der Waals surface area contributed by atoms with Gasteiger partial charge in [0.1, 0.15) is 0 Å². The molecule has 3 rings (SSSR count). The van der Waals surface area contributed by atoms with Crippen LogP contribution in [0.5, 0.6) is 0 Å². The lowest BCUT2D eigenvalue weighted by atomic mass is 10.1. The first kappa shape index (κ1) is 12.1. The van der Waals surface area contributed by atoms with E-state index in [1.807, 2.05) is 25.1 Å². The maximum absolute atomic E-state index is 12.1. The van der Waals surface area contributed by atoms with Crippen molar-refractivity contribution in [2.75, 3.05) is 13.1 Å². The van der Waals surface area contributed by atoms with Crippen LogP contribution < -0.4 is 0 Å². The molecule has 1 saturated heterocycles. The van der Waals surface area contributed by atoms with E-state index >= 15 is 0 Å². The van der Waals surface area contributed by atoms with E-state index in [0.29, 0.717) is 0 Å². The molecule has 1 aromatic rings. The molecule has 2 heterocycles. The second-order valence-corrected chi connectivity index (χ2v) is 6.13. The molecule has 1 atom stereocenters. The molecule has 2 aliphatic heterocycles. The predicted molar refractivity (Wildman–Crippen MR) is 75.3 cm³/mol. The molecule has 5 heteroatoms. The minimum absolute atomic E-state index is 0.0391. The van der Waals surface area contributed by atoms with Crippen LogP contribution in [0.25, 0.3) is 0 Å². The Bertz CT molecular complexity index is 544. The number of rotatable bonds is 2. The summed E-state index contributed by atoms with van der Waals surface area (Å²) >= 11 is 7.68. The van der Waals surface area contributed by atoms with Crippen molar-refractivity contribution >= 4 is 34.4 Å². The van der Waals surface area contributed by atoms with Crippen LogP contribution >= 0.6 is 23.4 Å². The van der Waals surface area contributed by atoms with E-state index in [1.165, 1.54) is 0 Å². The maximum Gasteiger partial charge on any atom is 0.242 e. The van der Waals surface area contributed by atoms with E-state index in [0.717, 1.165) is 40.8 Å². The zero-order chi connectivity index (χ0) is 12.7. The van der Waals surface area contributed by atoms with Crippen LogP contribution in [-0.2, 0) is 11.2 Å². The quantitative estimate of drug-likeness (QED) is 0.834. The van der Waals surface area contributed by atoms with Gasteiger partial charge in [0.2, 0.25) is 5.91 Å². The Labute approximate surface area is 115 Å². The first-order chi connectivity index (χ1) is 8.65. The number of amidine groups is 1. The highest BCUT2D eigenvalue weighted by atomic mass is 35.5. The molecular formula is C13H13ClN2OS. The number of amides is 1. The van der Waals surface area contributed by atoms with Gasteiger partial charge >= 0.3 is 0 Å². The zero-order valence-electron chi connectivity index (χ0n) is 10.0. The van der Waals surface area contributed by atoms with E-state index < -0.39 is 0 Å². The van der Waals surface area contributed by atoms with E-state index in [9.17, 15) is 4.79 Å². The lowest BCUT2D eigenvalue weighted by Gasteiger charge is -2.10. The summed E-state index contributed by atoms with van der Waals surface area (Å²) in [7, 11) is 0. The highest BCUT2D eigenvalue weighted by molar-refractivity contribution is 8.15. The summed E-state index contributed by atoms with van der Waals surface area (Å²) < 4.78 is 0. The van der Waals surface area contributed by atoms with Crippen LogP contribution in [0, 0.1) is 6.92 Å². The van der Waals surface area contributed by atoms with Gasteiger partial charge in [0, 0.05) is 11.6 Å². The van der Waals surface area contributed by atoms with Gasteiger partial charge in [0.05, 0.1) is 11.8 Å². The van der Waals surface area contributed by atoms with Gasteiger partial charge < -0.3 is 0 Å². The van der Waals surface area contributed by atoms with Crippen LogP contribution in [0.15, 0.2) is 23.2 Å². The van der Waals surface area contributed by atoms with E-state index in [4.69, 9.17) is 11.6 Å². The number of halogens is 1. The van der Waals surface area contributed by atoms with Gasteiger partial charge in [-0.3, -0.25) is 14.7 Å². The molecular weight excluding hydrogens is 268 g/mol. The van der Waals surface area contributed by atoms with Crippen molar-refractivity contribution < 1.29 is 4.79 Å². The average molecular weight is 281 g/mol. The van der Waals surface area contributed by atoms with Crippen molar-refractivity contribution in [3.63, 3.8) is 0 Å². The van der Waals surface area contributed by atoms with Crippen molar-refractivity contribution in [2.45, 2.75) is 18.6 Å². The molecule has 0 aliphatic carbocycles. The summed E-state index contributed by atoms with van der Waals surface area (Å²) in [6, 6.07) is 6.00. The molecule has 0 radical (unpaired) electrons. The van der Waals surface area contributed by atoms with E-state index in [1.54, 1.807) is 16.7 Å². The average Bonchev–Trinajstić information content (AvgIpc) is 2.89. The first-order valence-corrected chi connectivity index (χ1v) is 7.18. The Hall–Kier alpha value is -1.00. The number of hydrogen-bond donors (Lipinski definition) is 0. The molecule has 1 aromatic carbocycles. The summed E-state index contributed by atoms with van der Waals surface area (Å²) in [6.07, 6.45) is 0.721. The molecule has 0 aromatic heterocycles. The first-order valence-electron chi connectivity index (χ1n) is 5.92. The third-order valence-corrected chi connectivity index (χ3v) is 4.87. The normalized spacial score (nSPS) is 22.3. The number of aliphatic imine (C=N–C) groups is 1. The van der Waals surface area contributed by atoms with E-state index in [-0.39, 0.29) is 11.2 Å². The van der Waals surface area contributed by atoms with E-state index in [2.05, 4.69) is 4.99 Å². The van der Waals surface area contributed by atoms with Gasteiger partial charge in [-0.1, -0.05) is 35.5 Å². The van der Waals surface area contributed by atoms with Gasteiger partial charge in [-0.25, -0.2) is 0 Å². The molecule has 1 amide bonds. The summed E-state index contributed by atoms with van der Waals surface area (Å²) in [6.45, 7) is 3.47. The molecule has 1 fully saturated rings. The number of fused-ring (bicyclic) bond motifs is 1. The smallest absolute Gasteiger partial charge is 0.242 e. The van der Waals surface area contributed by atoms with Gasteiger partial charge in [0.25, 0.3) is 0 Å². The van der Waals surface area contributed by atoms with Gasteiger partial charge in [-0.2, -0.15) is 0 Å². The predicted octanol–water partition coefficient (Wildman–Crippen LogP) is 2.50. The fraction of sp³-hybridized carbons (Fsp3) is 0.385. The minimum atomic E-state index is -0.0391. The number of nitrogens with zero attached hydrogens (tertiary/aromatic N) is 2. The minimum Gasteiger partial charge on any atom is -0.289 e. The number of thioether (sulfide) groups is 1. The summed E-state index contributed by atoms with van der Waals surface area (Å²) in [4.78, 5) is 18.3. The Morgan fingerprint density at radius 2 is 2.39 bits per heavy atom. The van der Waals surface area contributed by atoms with Crippen LogP contribution in [0.1, 0.15) is 11.1 Å². The zero-order valence-corrected chi connectivity index (χ0v) is 11.6. The molecule has 0 unspecified atom stereocenters. The monoisotopic (exact) mass is 280 g/mol. The highest BCUT2D eigenvalue weighted by Gasteiger charge is 2.39. The Balaban J connectivity index is 1.77. The fourth-order valence-corrected chi connectivity index (χ4v) is 3.63. The highest BCUT2D eigenvalue weighted by Crippen LogP contribution is 2.32. The van der Waals surface area contributed by atoms with Crippen LogP contribution in [-0.4, -0.2) is 34.3 Å². The lowest BCUT2D eigenvalue weighted by molar-refractivity contribution is -0.125. The molecule has 3 nitrogen and oxygen atoms in total. The standard InChI is InChI=1S/C13H13ClN2OS/c1-8-2-3-9(6-10(8)14)7-11-12(17)16-5-4-15-13(16)18-11/h2-3,6,11H,4-5,7H2,1H3/t11-/m0/s1. The lowest BCUT2D eigenvalue weighted by Crippen LogP contribution is -2.31. The topological polar surface area (TPSA) is 32.7 Å². The Morgan fingerprint density at radius 3 is 3.11 bits per heavy atom. The van der Waals surface area contributed by atoms with Crippen molar-refractivity contribution in [1.82, 2.24) is 4.90 Å². The third kappa shape index (κ3) is 2.04. The van der Waals surface area contributed by atoms with Gasteiger partial charge in [-0.15, -0.1) is 0 Å². The summed E-state index contributed by atoms with van der Waals surface area (Å²) in [5.41, 5.74) is 2.18. The molecule has 0 saturated carbocycles. The molecule has 0 bridgehead atoms. The number of hydrogen-bond acceptors (Lipinski definition) is 3. The molecule has 2 aliphatic rings. The largest absolute Gasteiger partial charge is 0.289 e. The van der Waals surface area contributed by atoms with Crippen molar-refractivity contribution in [2.24, 2.45) is 4.99 Å². The SMILES string of the molecule is Cc1ccc(C[C@@H]2SC3=NCCN3C2=O)cc1Cl. The number of benzene rings is 1. The van der Waals surface area contributed by atoms with Crippen LogP contribution in [0.4, 0.5) is 0 Å². The maximum atomic E-state index is 12.1. The number of aryl methyl sites for hydroxylation is 1. The number of carbonyl (C=O) groups excluding carboxylic acids is 1. The molecule has 94 valence electrons. The van der Waals surface area contributed by atoms with Crippen LogP contribution in [0.2, 0.25) is 5.02 Å². The fourth-order valence-electron chi connectivity index (χ4n) is 2.19. The van der Waals surface area contributed by atoms with Gasteiger partial charge in [-0.05, 0) is 30.5 Å². The van der Waals surface area contributed by atoms with Crippen molar-refractivity contribution in [1.29, 1.82) is 0 Å². The molecule has 0 N–H and O–H groups in total. The molecule has 18 heavy (non-hydrogen) atoms. The Kier molecular flexibility index (Phi) is 3.08.